The van der Waals surface area contributed by atoms with Gasteiger partial charge in [-0.1, -0.05) is 109 Å². The van der Waals surface area contributed by atoms with Gasteiger partial charge in [-0.05, 0) is 42.8 Å². The number of aromatic nitrogens is 2. The van der Waals surface area contributed by atoms with Crippen molar-refractivity contribution < 1.29 is 43.0 Å². The van der Waals surface area contributed by atoms with Crippen LogP contribution in [0.1, 0.15) is 131 Å². The summed E-state index contributed by atoms with van der Waals surface area (Å²) in [5.41, 5.74) is 5.30. The smallest absolute Gasteiger partial charge is 0.397 e. The van der Waals surface area contributed by atoms with Crippen LogP contribution in [0.2, 0.25) is 0 Å². The van der Waals surface area contributed by atoms with Gasteiger partial charge in [0.15, 0.2) is 0 Å². The first-order valence-corrected chi connectivity index (χ1v) is 22.2. The monoisotopic (exact) mass is 824 g/mol. The molecule has 1 aromatic carbocycles. The molecule has 58 heavy (non-hydrogen) atoms. The molecule has 0 radical (unpaired) electrons. The molecule has 0 aliphatic carbocycles. The minimum absolute atomic E-state index is 0.0342. The second-order valence-electron chi connectivity index (χ2n) is 15.0. The zero-order valence-electron chi connectivity index (χ0n) is 33.7. The number of anilines is 1. The number of nitrogen functional groups attached to an aromatic ring is 1. The normalized spacial score (nSPS) is 20.7. The lowest BCUT2D eigenvalue weighted by molar-refractivity contribution is -0.0645. The van der Waals surface area contributed by atoms with Crippen molar-refractivity contribution in [3.05, 3.63) is 65.5 Å². The number of amides is 1. The Labute approximate surface area is 342 Å². The molecule has 3 heterocycles. The van der Waals surface area contributed by atoms with Crippen molar-refractivity contribution in [2.24, 2.45) is 0 Å². The van der Waals surface area contributed by atoms with Gasteiger partial charge in [-0.2, -0.15) is 15.6 Å². The van der Waals surface area contributed by atoms with Crippen LogP contribution in [0.25, 0.3) is 5.52 Å². The van der Waals surface area contributed by atoms with E-state index in [0.717, 1.165) is 19.3 Å². The molecular weight excluding hydrogens is 763 g/mol. The SMILES string of the molecule is CCCCCCCCCCCCCCCCCCOC[C@H](COP(=O)(O)OC[C@H]1O[C@@](C#N)(c2ccc3c(N)ccnn23)[C@H](O)[C@@H]1O)NC(=O)c1cccc(C#N)c1. The van der Waals surface area contributed by atoms with E-state index in [2.05, 4.69) is 17.3 Å². The van der Waals surface area contributed by atoms with Gasteiger partial charge in [0.2, 0.25) is 5.60 Å². The van der Waals surface area contributed by atoms with E-state index in [1.165, 1.54) is 112 Å². The number of hydrogen-bond donors (Lipinski definition) is 5. The number of carbonyl (C=O) groups is 1. The van der Waals surface area contributed by atoms with Crippen LogP contribution in [-0.4, -0.2) is 81.4 Å². The minimum atomic E-state index is -4.85. The number of nitriles is 2. The quantitative estimate of drug-likeness (QED) is 0.0373. The maximum absolute atomic E-state index is 13.1. The average molecular weight is 825 g/mol. The number of unbranched alkanes of at least 4 members (excludes halogenated alkanes) is 15. The maximum Gasteiger partial charge on any atom is 0.472 e. The number of aliphatic hydroxyl groups is 2. The van der Waals surface area contributed by atoms with Crippen molar-refractivity contribution in [3.63, 3.8) is 0 Å². The fourth-order valence-corrected chi connectivity index (χ4v) is 7.91. The van der Waals surface area contributed by atoms with Crippen LogP contribution in [-0.2, 0) is 28.7 Å². The lowest BCUT2D eigenvalue weighted by Crippen LogP contribution is -2.41. The second-order valence-corrected chi connectivity index (χ2v) is 16.5. The van der Waals surface area contributed by atoms with Gasteiger partial charge < -0.3 is 35.6 Å². The van der Waals surface area contributed by atoms with Gasteiger partial charge in [0, 0.05) is 18.4 Å². The summed E-state index contributed by atoms with van der Waals surface area (Å²) in [6.45, 7) is 1.41. The van der Waals surface area contributed by atoms with Crippen molar-refractivity contribution in [1.82, 2.24) is 14.9 Å². The fraction of sp³-hybridized carbons (Fsp3) is 0.619. The molecule has 0 saturated carbocycles. The Bertz CT molecular complexity index is 1850. The average Bonchev–Trinajstić information content (AvgIpc) is 3.77. The van der Waals surface area contributed by atoms with Crippen molar-refractivity contribution in [2.75, 3.05) is 32.2 Å². The molecule has 0 spiro atoms. The molecule has 1 aliphatic heterocycles. The van der Waals surface area contributed by atoms with E-state index >= 15 is 0 Å². The molecule has 6 N–H and O–H groups in total. The van der Waals surface area contributed by atoms with Gasteiger partial charge in [0.1, 0.15) is 24.4 Å². The van der Waals surface area contributed by atoms with Gasteiger partial charge in [-0.15, -0.1) is 0 Å². The third kappa shape index (κ3) is 13.9. The Morgan fingerprint density at radius 3 is 2.21 bits per heavy atom. The van der Waals surface area contributed by atoms with E-state index in [1.807, 2.05) is 12.1 Å². The largest absolute Gasteiger partial charge is 0.472 e. The van der Waals surface area contributed by atoms with Crippen LogP contribution >= 0.6 is 7.82 Å². The summed E-state index contributed by atoms with van der Waals surface area (Å²) in [6, 6.07) is 13.7. The zero-order chi connectivity index (χ0) is 41.8. The standard InChI is InChI=1S/C42H61N6O9P/c1-2-3-4-5-6-7-8-9-10-11-12-13-14-15-16-17-25-54-28-34(47-41(51)33-20-18-19-32(26-33)27-43)29-55-58(52,53)56-30-37-39(49)40(50)42(31-44,57-37)38-22-21-36-35(45)23-24-46-48(36)38/h18-24,26,34,37,39-40,49-50H,2-17,25,28-30,45H2,1H3,(H,47,51)(H,52,53)/t34-,37-,39-,40-,42+/m1/s1. The van der Waals surface area contributed by atoms with Crippen LogP contribution in [0.15, 0.2) is 48.7 Å². The summed E-state index contributed by atoms with van der Waals surface area (Å²) in [4.78, 5) is 23.7. The predicted octanol–water partition coefficient (Wildman–Crippen LogP) is 6.84. The van der Waals surface area contributed by atoms with E-state index in [0.29, 0.717) is 23.4 Å². The lowest BCUT2D eigenvalue weighted by Gasteiger charge is -2.24. The first-order valence-electron chi connectivity index (χ1n) is 20.7. The van der Waals surface area contributed by atoms with Crippen LogP contribution in [0, 0.1) is 22.7 Å². The summed E-state index contributed by atoms with van der Waals surface area (Å²) in [5, 5.41) is 48.2. The number of nitrogens with two attached hydrogens (primary N) is 1. The Balaban J connectivity index is 1.21. The Morgan fingerprint density at radius 2 is 1.59 bits per heavy atom. The molecule has 1 fully saturated rings. The lowest BCUT2D eigenvalue weighted by atomic mass is 9.92. The van der Waals surface area contributed by atoms with E-state index in [1.54, 1.807) is 24.3 Å². The van der Waals surface area contributed by atoms with E-state index < -0.39 is 56.9 Å². The molecule has 16 heteroatoms. The summed E-state index contributed by atoms with van der Waals surface area (Å²) in [6.07, 6.45) is 16.5. The van der Waals surface area contributed by atoms with Gasteiger partial charge >= 0.3 is 7.82 Å². The molecule has 0 bridgehead atoms. The summed E-state index contributed by atoms with van der Waals surface area (Å²) >= 11 is 0. The van der Waals surface area contributed by atoms with Crippen LogP contribution in [0.4, 0.5) is 5.69 Å². The summed E-state index contributed by atoms with van der Waals surface area (Å²) in [5.74, 6) is -0.538. The van der Waals surface area contributed by atoms with Gasteiger partial charge in [-0.3, -0.25) is 13.8 Å². The summed E-state index contributed by atoms with van der Waals surface area (Å²) in [7, 11) is -4.85. The number of nitrogens with one attached hydrogen (secondary N) is 1. The highest BCUT2D eigenvalue weighted by molar-refractivity contribution is 7.47. The number of aliphatic hydroxyl groups excluding tert-OH is 2. The Kier molecular flexibility index (Phi) is 19.6. The van der Waals surface area contributed by atoms with Gasteiger partial charge in [-0.25, -0.2) is 9.08 Å². The highest BCUT2D eigenvalue weighted by Gasteiger charge is 2.58. The van der Waals surface area contributed by atoms with Crippen molar-refractivity contribution in [3.8, 4) is 12.1 Å². The fourth-order valence-electron chi connectivity index (χ4n) is 7.13. The minimum Gasteiger partial charge on any atom is -0.397 e. The predicted molar refractivity (Wildman–Crippen MR) is 218 cm³/mol. The van der Waals surface area contributed by atoms with E-state index in [-0.39, 0.29) is 17.9 Å². The molecule has 1 saturated heterocycles. The second kappa shape index (κ2) is 24.3. The molecule has 6 atom stereocenters. The molecule has 1 aliphatic rings. The molecular formula is C42H61N6O9P. The number of ether oxygens (including phenoxy) is 2. The van der Waals surface area contributed by atoms with Crippen LogP contribution < -0.4 is 11.1 Å². The number of fused-ring (bicyclic) bond motifs is 1. The number of hydrogen-bond acceptors (Lipinski definition) is 12. The highest BCUT2D eigenvalue weighted by atomic mass is 31.2. The topological polar surface area (TPSA) is 235 Å². The first kappa shape index (κ1) is 46.8. The van der Waals surface area contributed by atoms with Crippen molar-refractivity contribution >= 4 is 24.9 Å². The first-order chi connectivity index (χ1) is 28.0. The molecule has 15 nitrogen and oxygen atoms in total. The number of rotatable bonds is 28. The molecule has 1 unspecified atom stereocenters. The zero-order valence-corrected chi connectivity index (χ0v) is 34.6. The number of carbonyl (C=O) groups excluding carboxylic acids is 1. The molecule has 4 rings (SSSR count). The maximum atomic E-state index is 13.1. The highest BCUT2D eigenvalue weighted by Crippen LogP contribution is 2.46. The van der Waals surface area contributed by atoms with E-state index in [9.17, 15) is 35.0 Å². The van der Waals surface area contributed by atoms with E-state index in [4.69, 9.17) is 24.3 Å². The summed E-state index contributed by atoms with van der Waals surface area (Å²) < 4.78 is 36.4. The Hall–Kier alpha value is -3.89. The van der Waals surface area contributed by atoms with Crippen molar-refractivity contribution in [1.29, 1.82) is 10.5 Å². The molecule has 1 amide bonds. The van der Waals surface area contributed by atoms with Crippen LogP contribution in [0.3, 0.4) is 0 Å². The van der Waals surface area contributed by atoms with Crippen molar-refractivity contribution in [2.45, 2.75) is 140 Å². The number of phosphoric ester groups is 1. The van der Waals surface area contributed by atoms with Gasteiger partial charge in [0.05, 0.1) is 54.4 Å². The number of phosphoric acid groups is 1. The van der Waals surface area contributed by atoms with Crippen LogP contribution in [0.5, 0.6) is 0 Å². The third-order valence-electron chi connectivity index (χ3n) is 10.5. The molecule has 2 aromatic heterocycles. The number of benzene rings is 1. The Morgan fingerprint density at radius 1 is 0.948 bits per heavy atom. The molecule has 318 valence electrons. The number of nitrogens with zero attached hydrogens (tertiary/aromatic N) is 4. The third-order valence-corrected chi connectivity index (χ3v) is 11.4. The molecule has 3 aromatic rings. The van der Waals surface area contributed by atoms with Gasteiger partial charge in [0.25, 0.3) is 5.91 Å².